The zero-order valence-electron chi connectivity index (χ0n) is 6.82. The Hall–Kier alpha value is -0.200. The first-order valence-corrected chi connectivity index (χ1v) is 4.73. The molecule has 0 spiro atoms. The highest BCUT2D eigenvalue weighted by atomic mass is 35.5. The van der Waals surface area contributed by atoms with Crippen LogP contribution in [0.25, 0.3) is 0 Å². The maximum absolute atomic E-state index is 5.85. The molecule has 0 aliphatic rings. The Bertz CT molecular complexity index is 256. The summed E-state index contributed by atoms with van der Waals surface area (Å²) in [6, 6.07) is 5.76. The molecular weight excluding hydrogens is 191 g/mol. The van der Waals surface area contributed by atoms with Crippen LogP contribution in [-0.2, 0) is 6.42 Å². The maximum Gasteiger partial charge on any atom is 0.0595 e. The van der Waals surface area contributed by atoms with E-state index in [1.807, 2.05) is 18.2 Å². The van der Waals surface area contributed by atoms with Crippen molar-refractivity contribution >= 4 is 23.2 Å². The first-order valence-electron chi connectivity index (χ1n) is 3.97. The first-order chi connectivity index (χ1) is 5.74. The zero-order valence-corrected chi connectivity index (χ0v) is 8.33. The predicted molar refractivity (Wildman–Crippen MR) is 54.8 cm³/mol. The van der Waals surface area contributed by atoms with Gasteiger partial charge in [-0.3, -0.25) is 0 Å². The van der Waals surface area contributed by atoms with Crippen molar-refractivity contribution in [1.82, 2.24) is 0 Å². The van der Waals surface area contributed by atoms with E-state index in [-0.39, 0.29) is 0 Å². The lowest BCUT2D eigenvalue weighted by molar-refractivity contribution is 0.841. The number of halogens is 2. The van der Waals surface area contributed by atoms with Gasteiger partial charge in [0.25, 0.3) is 0 Å². The van der Waals surface area contributed by atoms with Crippen molar-refractivity contribution in [3.63, 3.8) is 0 Å². The molecule has 2 heteroatoms. The van der Waals surface area contributed by atoms with E-state index in [4.69, 9.17) is 23.2 Å². The van der Waals surface area contributed by atoms with Gasteiger partial charge < -0.3 is 0 Å². The molecular formula is C10H11Cl2. The topological polar surface area (TPSA) is 0 Å². The van der Waals surface area contributed by atoms with Crippen molar-refractivity contribution < 1.29 is 0 Å². The van der Waals surface area contributed by atoms with Crippen LogP contribution in [0, 0.1) is 6.92 Å². The summed E-state index contributed by atoms with van der Waals surface area (Å²) in [6.45, 7) is 3.78. The summed E-state index contributed by atoms with van der Waals surface area (Å²) in [7, 11) is 0. The molecule has 65 valence electrons. The summed E-state index contributed by atoms with van der Waals surface area (Å²) in [5.41, 5.74) is 1.23. The fourth-order valence-corrected chi connectivity index (χ4v) is 1.34. The molecule has 0 aliphatic heterocycles. The zero-order chi connectivity index (χ0) is 8.97. The second-order valence-electron chi connectivity index (χ2n) is 2.71. The highest BCUT2D eigenvalue weighted by molar-refractivity contribution is 6.42. The third-order valence-electron chi connectivity index (χ3n) is 1.70. The summed E-state index contributed by atoms with van der Waals surface area (Å²) in [5, 5.41) is 1.26. The molecule has 0 fully saturated rings. The van der Waals surface area contributed by atoms with E-state index in [0.717, 1.165) is 19.3 Å². The Morgan fingerprint density at radius 3 is 2.50 bits per heavy atom. The van der Waals surface area contributed by atoms with Crippen LogP contribution >= 0.6 is 23.2 Å². The van der Waals surface area contributed by atoms with Crippen LogP contribution in [0.4, 0.5) is 0 Å². The molecule has 0 bridgehead atoms. The van der Waals surface area contributed by atoms with E-state index in [9.17, 15) is 0 Å². The molecule has 12 heavy (non-hydrogen) atoms. The minimum Gasteiger partial charge on any atom is -0.0827 e. The van der Waals surface area contributed by atoms with Crippen LogP contribution in [-0.4, -0.2) is 0 Å². The average molecular weight is 202 g/mol. The summed E-state index contributed by atoms with van der Waals surface area (Å²) in [5.74, 6) is 0. The molecule has 0 atom stereocenters. The lowest BCUT2D eigenvalue weighted by Crippen LogP contribution is -1.84. The van der Waals surface area contributed by atoms with Gasteiger partial charge in [0.2, 0.25) is 0 Å². The van der Waals surface area contributed by atoms with Gasteiger partial charge >= 0.3 is 0 Å². The molecule has 0 saturated heterocycles. The van der Waals surface area contributed by atoms with Crippen molar-refractivity contribution in [3.8, 4) is 0 Å². The molecule has 0 aliphatic carbocycles. The van der Waals surface area contributed by atoms with E-state index in [0.29, 0.717) is 10.0 Å². The van der Waals surface area contributed by atoms with Gasteiger partial charge in [-0.1, -0.05) is 42.6 Å². The SMILES string of the molecule is [CH2]CCCc1ccc(Cl)c(Cl)c1. The van der Waals surface area contributed by atoms with E-state index < -0.39 is 0 Å². The van der Waals surface area contributed by atoms with Crippen LogP contribution in [0.2, 0.25) is 10.0 Å². The van der Waals surface area contributed by atoms with Gasteiger partial charge in [-0.15, -0.1) is 0 Å². The van der Waals surface area contributed by atoms with Crippen LogP contribution in [0.5, 0.6) is 0 Å². The molecule has 1 rings (SSSR count). The van der Waals surface area contributed by atoms with Crippen molar-refractivity contribution in [1.29, 1.82) is 0 Å². The molecule has 1 radical (unpaired) electrons. The second-order valence-corrected chi connectivity index (χ2v) is 3.52. The van der Waals surface area contributed by atoms with Gasteiger partial charge in [-0.25, -0.2) is 0 Å². The van der Waals surface area contributed by atoms with Gasteiger partial charge in [-0.2, -0.15) is 0 Å². The van der Waals surface area contributed by atoms with Gasteiger partial charge in [0.1, 0.15) is 0 Å². The minimum atomic E-state index is 0.620. The molecule has 0 nitrogen and oxygen atoms in total. The summed E-state index contributed by atoms with van der Waals surface area (Å²) >= 11 is 11.6. The van der Waals surface area contributed by atoms with E-state index in [2.05, 4.69) is 6.92 Å². The van der Waals surface area contributed by atoms with Crippen molar-refractivity contribution in [2.45, 2.75) is 19.3 Å². The van der Waals surface area contributed by atoms with Crippen molar-refractivity contribution in [2.24, 2.45) is 0 Å². The number of aryl methyl sites for hydroxylation is 1. The van der Waals surface area contributed by atoms with Gasteiger partial charge in [0.05, 0.1) is 10.0 Å². The third kappa shape index (κ3) is 2.69. The van der Waals surface area contributed by atoms with Crippen LogP contribution < -0.4 is 0 Å². The highest BCUT2D eigenvalue weighted by Gasteiger charge is 1.98. The van der Waals surface area contributed by atoms with Crippen molar-refractivity contribution in [3.05, 3.63) is 40.7 Å². The molecule has 0 heterocycles. The smallest absolute Gasteiger partial charge is 0.0595 e. The Labute approximate surface area is 83.5 Å². The number of benzene rings is 1. The molecule has 0 saturated carbocycles. The monoisotopic (exact) mass is 201 g/mol. The summed E-state index contributed by atoms with van der Waals surface area (Å²) in [6.07, 6.45) is 3.08. The van der Waals surface area contributed by atoms with Crippen LogP contribution in [0.15, 0.2) is 18.2 Å². The standard InChI is InChI=1S/C10H11Cl2/c1-2-3-4-8-5-6-9(11)10(12)7-8/h5-7H,1-4H2. The fraction of sp³-hybridized carbons (Fsp3) is 0.300. The Morgan fingerprint density at radius 1 is 1.17 bits per heavy atom. The van der Waals surface area contributed by atoms with E-state index in [1.54, 1.807) is 0 Å². The summed E-state index contributed by atoms with van der Waals surface area (Å²) in [4.78, 5) is 0. The number of rotatable bonds is 3. The number of hydrogen-bond acceptors (Lipinski definition) is 0. The van der Waals surface area contributed by atoms with E-state index >= 15 is 0 Å². The predicted octanol–water partition coefficient (Wildman–Crippen LogP) is 4.15. The quantitative estimate of drug-likeness (QED) is 0.690. The Balaban J connectivity index is 2.69. The Kier molecular flexibility index (Phi) is 3.90. The van der Waals surface area contributed by atoms with E-state index in [1.165, 1.54) is 5.56 Å². The Morgan fingerprint density at radius 2 is 1.92 bits per heavy atom. The fourth-order valence-electron chi connectivity index (χ4n) is 1.02. The minimum absolute atomic E-state index is 0.620. The van der Waals surface area contributed by atoms with Gasteiger partial charge in [-0.05, 0) is 30.5 Å². The van der Waals surface area contributed by atoms with Crippen LogP contribution in [0.3, 0.4) is 0 Å². The number of hydrogen-bond donors (Lipinski definition) is 0. The lowest BCUT2D eigenvalue weighted by atomic mass is 10.1. The lowest BCUT2D eigenvalue weighted by Gasteiger charge is -2.01. The molecule has 0 N–H and O–H groups in total. The largest absolute Gasteiger partial charge is 0.0827 e. The molecule has 1 aromatic rings. The van der Waals surface area contributed by atoms with Gasteiger partial charge in [0, 0.05) is 0 Å². The molecule has 1 aromatic carbocycles. The normalized spacial score (nSPS) is 10.2. The summed E-state index contributed by atoms with van der Waals surface area (Å²) < 4.78 is 0. The number of unbranched alkanes of at least 4 members (excludes halogenated alkanes) is 1. The third-order valence-corrected chi connectivity index (χ3v) is 2.44. The molecule has 0 aromatic heterocycles. The van der Waals surface area contributed by atoms with Crippen LogP contribution in [0.1, 0.15) is 18.4 Å². The first kappa shape index (κ1) is 9.88. The second kappa shape index (κ2) is 4.74. The average Bonchev–Trinajstić information content (AvgIpc) is 2.07. The molecule has 0 amide bonds. The van der Waals surface area contributed by atoms with Crippen molar-refractivity contribution in [2.75, 3.05) is 0 Å². The molecule has 0 unspecified atom stereocenters. The highest BCUT2D eigenvalue weighted by Crippen LogP contribution is 2.23. The maximum atomic E-state index is 5.85. The van der Waals surface area contributed by atoms with Gasteiger partial charge in [0.15, 0.2) is 0 Å².